The molecule has 1 aromatic heterocycles. The van der Waals surface area contributed by atoms with Gasteiger partial charge in [0.1, 0.15) is 11.6 Å². The zero-order chi connectivity index (χ0) is 13.4. The van der Waals surface area contributed by atoms with E-state index in [4.69, 9.17) is 10.7 Å². The summed E-state index contributed by atoms with van der Waals surface area (Å²) in [6.45, 7) is 3.20. The van der Waals surface area contributed by atoms with Gasteiger partial charge in [-0.05, 0) is 33.6 Å². The molecule has 19 heavy (non-hydrogen) atoms. The molecule has 3 rings (SSSR count). The van der Waals surface area contributed by atoms with Crippen molar-refractivity contribution in [1.82, 2.24) is 19.8 Å². The first-order valence-corrected chi connectivity index (χ1v) is 7.92. The van der Waals surface area contributed by atoms with Gasteiger partial charge in [-0.15, -0.1) is 0 Å². The van der Waals surface area contributed by atoms with E-state index in [1.807, 2.05) is 11.8 Å². The standard InChI is InChI=1S/C13H21N5S/c1-17-4-3-5-18(2)11(6-17)13-15-10-8-19-7-9(10)12(14)16-13/h11H,3-8H2,1-2H3,(H2,14,15,16). The number of hydrogen-bond acceptors (Lipinski definition) is 6. The first-order chi connectivity index (χ1) is 9.15. The Morgan fingerprint density at radius 3 is 2.89 bits per heavy atom. The smallest absolute Gasteiger partial charge is 0.149 e. The molecule has 1 aromatic rings. The van der Waals surface area contributed by atoms with Gasteiger partial charge < -0.3 is 10.6 Å². The second-order valence-electron chi connectivity index (χ2n) is 5.50. The average Bonchev–Trinajstić information content (AvgIpc) is 2.77. The quantitative estimate of drug-likeness (QED) is 0.831. The predicted octanol–water partition coefficient (Wildman–Crippen LogP) is 1.11. The summed E-state index contributed by atoms with van der Waals surface area (Å²) >= 11 is 1.87. The third kappa shape index (κ3) is 2.57. The van der Waals surface area contributed by atoms with Gasteiger partial charge in [0.2, 0.25) is 0 Å². The monoisotopic (exact) mass is 279 g/mol. The molecule has 6 heteroatoms. The van der Waals surface area contributed by atoms with Gasteiger partial charge in [0.15, 0.2) is 0 Å². The lowest BCUT2D eigenvalue weighted by atomic mass is 10.2. The highest BCUT2D eigenvalue weighted by Crippen LogP contribution is 2.33. The third-order valence-corrected chi connectivity index (χ3v) is 4.96. The minimum atomic E-state index is 0.255. The zero-order valence-corrected chi connectivity index (χ0v) is 12.4. The van der Waals surface area contributed by atoms with Crippen molar-refractivity contribution in [2.75, 3.05) is 39.5 Å². The minimum absolute atomic E-state index is 0.255. The van der Waals surface area contributed by atoms with Gasteiger partial charge in [-0.2, -0.15) is 11.8 Å². The molecule has 2 aliphatic rings. The van der Waals surface area contributed by atoms with Gasteiger partial charge in [-0.25, -0.2) is 9.97 Å². The Kier molecular flexibility index (Phi) is 3.64. The highest BCUT2D eigenvalue weighted by Gasteiger charge is 2.27. The SMILES string of the molecule is CN1CCCN(C)C(c2nc(N)c3c(n2)CSC3)C1. The molecular formula is C13H21N5S. The summed E-state index contributed by atoms with van der Waals surface area (Å²) in [5.74, 6) is 3.52. The van der Waals surface area contributed by atoms with Gasteiger partial charge in [-0.1, -0.05) is 0 Å². The van der Waals surface area contributed by atoms with Gasteiger partial charge in [0.05, 0.1) is 11.7 Å². The van der Waals surface area contributed by atoms with Crippen molar-refractivity contribution in [3.05, 3.63) is 17.1 Å². The molecule has 5 nitrogen and oxygen atoms in total. The molecule has 0 amide bonds. The van der Waals surface area contributed by atoms with E-state index < -0.39 is 0 Å². The molecule has 1 fully saturated rings. The normalized spacial score (nSPS) is 25.3. The van der Waals surface area contributed by atoms with E-state index in [9.17, 15) is 0 Å². The minimum Gasteiger partial charge on any atom is -0.383 e. The second-order valence-corrected chi connectivity index (χ2v) is 6.48. The van der Waals surface area contributed by atoms with E-state index in [1.165, 1.54) is 6.42 Å². The van der Waals surface area contributed by atoms with Crippen LogP contribution < -0.4 is 5.73 Å². The van der Waals surface area contributed by atoms with E-state index in [-0.39, 0.29) is 6.04 Å². The number of hydrogen-bond donors (Lipinski definition) is 1. The van der Waals surface area contributed by atoms with Crippen LogP contribution >= 0.6 is 11.8 Å². The van der Waals surface area contributed by atoms with E-state index in [0.717, 1.165) is 48.2 Å². The number of fused-ring (bicyclic) bond motifs is 1. The Labute approximate surface area is 118 Å². The molecule has 0 aromatic carbocycles. The maximum absolute atomic E-state index is 6.10. The molecule has 0 radical (unpaired) electrons. The number of thioether (sulfide) groups is 1. The van der Waals surface area contributed by atoms with E-state index >= 15 is 0 Å². The number of nitrogen functional groups attached to an aromatic ring is 1. The Morgan fingerprint density at radius 2 is 2.05 bits per heavy atom. The fourth-order valence-electron chi connectivity index (χ4n) is 2.80. The molecule has 1 saturated heterocycles. The van der Waals surface area contributed by atoms with Crippen molar-refractivity contribution in [3.8, 4) is 0 Å². The Morgan fingerprint density at radius 1 is 1.21 bits per heavy atom. The number of anilines is 1. The highest BCUT2D eigenvalue weighted by molar-refractivity contribution is 7.98. The van der Waals surface area contributed by atoms with Crippen LogP contribution in [0.25, 0.3) is 0 Å². The fraction of sp³-hybridized carbons (Fsp3) is 0.692. The molecule has 1 unspecified atom stereocenters. The van der Waals surface area contributed by atoms with Crippen LogP contribution in [-0.4, -0.2) is 53.5 Å². The van der Waals surface area contributed by atoms with Crippen molar-refractivity contribution in [2.24, 2.45) is 0 Å². The highest BCUT2D eigenvalue weighted by atomic mass is 32.2. The van der Waals surface area contributed by atoms with Crippen molar-refractivity contribution >= 4 is 17.6 Å². The third-order valence-electron chi connectivity index (χ3n) is 3.99. The van der Waals surface area contributed by atoms with Crippen molar-refractivity contribution in [1.29, 1.82) is 0 Å². The average molecular weight is 279 g/mol. The molecule has 0 saturated carbocycles. The molecule has 0 aliphatic carbocycles. The van der Waals surface area contributed by atoms with Crippen LogP contribution in [0.4, 0.5) is 5.82 Å². The molecular weight excluding hydrogens is 258 g/mol. The van der Waals surface area contributed by atoms with Crippen LogP contribution in [0.15, 0.2) is 0 Å². The zero-order valence-electron chi connectivity index (χ0n) is 11.6. The van der Waals surface area contributed by atoms with Crippen molar-refractivity contribution in [2.45, 2.75) is 24.0 Å². The maximum Gasteiger partial charge on any atom is 0.149 e. The summed E-state index contributed by atoms with van der Waals surface area (Å²) in [6.07, 6.45) is 1.19. The van der Waals surface area contributed by atoms with Crippen LogP contribution in [0.5, 0.6) is 0 Å². The van der Waals surface area contributed by atoms with Gasteiger partial charge in [0.25, 0.3) is 0 Å². The lowest BCUT2D eigenvalue weighted by Gasteiger charge is -2.26. The van der Waals surface area contributed by atoms with Crippen LogP contribution in [0.3, 0.4) is 0 Å². The number of nitrogens with two attached hydrogens (primary N) is 1. The lowest BCUT2D eigenvalue weighted by Crippen LogP contribution is -2.32. The number of nitrogens with zero attached hydrogens (tertiary/aromatic N) is 4. The molecule has 3 heterocycles. The summed E-state index contributed by atoms with van der Waals surface area (Å²) in [4.78, 5) is 14.1. The Hall–Kier alpha value is -0.850. The fourth-order valence-corrected chi connectivity index (χ4v) is 3.85. The van der Waals surface area contributed by atoms with Crippen LogP contribution in [0, 0.1) is 0 Å². The Bertz CT molecular complexity index is 478. The predicted molar refractivity (Wildman–Crippen MR) is 78.9 cm³/mol. The van der Waals surface area contributed by atoms with Crippen LogP contribution in [0.1, 0.15) is 29.5 Å². The summed E-state index contributed by atoms with van der Waals surface area (Å²) in [5.41, 5.74) is 8.40. The summed E-state index contributed by atoms with van der Waals surface area (Å²) in [6, 6.07) is 0.255. The summed E-state index contributed by atoms with van der Waals surface area (Å²) in [7, 11) is 4.32. The Balaban J connectivity index is 1.94. The second kappa shape index (κ2) is 5.26. The van der Waals surface area contributed by atoms with Crippen LogP contribution in [-0.2, 0) is 11.5 Å². The molecule has 104 valence electrons. The van der Waals surface area contributed by atoms with E-state index in [0.29, 0.717) is 5.82 Å². The van der Waals surface area contributed by atoms with Crippen LogP contribution in [0.2, 0.25) is 0 Å². The number of aromatic nitrogens is 2. The first-order valence-electron chi connectivity index (χ1n) is 6.77. The van der Waals surface area contributed by atoms with E-state index in [1.54, 1.807) is 0 Å². The molecule has 2 N–H and O–H groups in total. The maximum atomic E-state index is 6.10. The van der Waals surface area contributed by atoms with Gasteiger partial charge in [0, 0.05) is 23.6 Å². The summed E-state index contributed by atoms with van der Waals surface area (Å²) in [5, 5.41) is 0. The topological polar surface area (TPSA) is 58.3 Å². The lowest BCUT2D eigenvalue weighted by molar-refractivity contribution is 0.219. The van der Waals surface area contributed by atoms with Gasteiger partial charge >= 0.3 is 0 Å². The molecule has 2 aliphatic heterocycles. The van der Waals surface area contributed by atoms with E-state index in [2.05, 4.69) is 28.9 Å². The number of likely N-dealkylation sites (N-methyl/N-ethyl adjacent to an activating group) is 2. The molecule has 0 spiro atoms. The van der Waals surface area contributed by atoms with Gasteiger partial charge in [-0.3, -0.25) is 4.90 Å². The van der Waals surface area contributed by atoms with Crippen molar-refractivity contribution < 1.29 is 0 Å². The number of rotatable bonds is 1. The molecule has 0 bridgehead atoms. The summed E-state index contributed by atoms with van der Waals surface area (Å²) < 4.78 is 0. The molecule has 1 atom stereocenters. The largest absolute Gasteiger partial charge is 0.383 e. The first kappa shape index (κ1) is 13.1. The van der Waals surface area contributed by atoms with Crippen molar-refractivity contribution in [3.63, 3.8) is 0 Å².